The Hall–Kier alpha value is -4.07. The van der Waals surface area contributed by atoms with Gasteiger partial charge in [-0.3, -0.25) is 10.1 Å². The summed E-state index contributed by atoms with van der Waals surface area (Å²) in [5.41, 5.74) is 3.56. The predicted molar refractivity (Wildman–Crippen MR) is 118 cm³/mol. The van der Waals surface area contributed by atoms with Crippen LogP contribution >= 0.6 is 0 Å². The predicted octanol–water partition coefficient (Wildman–Crippen LogP) is 4.85. The number of hydrazone groups is 1. The SMILES string of the molecule is COc1ccc(C2=NN3[C@H](C2)c2cc(OC)ccc2O[C@@H]3c2cccc([N+](=O)[O-])c2)cc1. The van der Waals surface area contributed by atoms with E-state index in [1.165, 1.54) is 12.1 Å². The first-order valence-electron chi connectivity index (χ1n) is 10.2. The molecule has 3 aromatic carbocycles. The topological polar surface area (TPSA) is 86.4 Å². The maximum absolute atomic E-state index is 11.3. The molecular weight excluding hydrogens is 410 g/mol. The van der Waals surface area contributed by atoms with Gasteiger partial charge in [0.1, 0.15) is 17.2 Å². The molecule has 0 unspecified atom stereocenters. The molecule has 32 heavy (non-hydrogen) atoms. The first-order chi connectivity index (χ1) is 15.6. The number of nitro groups is 1. The summed E-state index contributed by atoms with van der Waals surface area (Å²) in [6.07, 6.45) is 0.0814. The largest absolute Gasteiger partial charge is 0.497 e. The number of nitro benzene ring substituents is 1. The molecule has 2 aliphatic rings. The highest BCUT2D eigenvalue weighted by Gasteiger charge is 2.41. The normalized spacial score (nSPS) is 18.8. The van der Waals surface area contributed by atoms with Crippen LogP contribution in [0.1, 0.15) is 35.4 Å². The molecule has 8 nitrogen and oxygen atoms in total. The van der Waals surface area contributed by atoms with Gasteiger partial charge in [0.2, 0.25) is 6.23 Å². The first-order valence-corrected chi connectivity index (χ1v) is 10.2. The fourth-order valence-corrected chi connectivity index (χ4v) is 4.16. The molecule has 2 aliphatic heterocycles. The zero-order chi connectivity index (χ0) is 22.2. The number of fused-ring (bicyclic) bond motifs is 3. The average molecular weight is 431 g/mol. The van der Waals surface area contributed by atoms with Crippen LogP contribution in [0.4, 0.5) is 5.69 Å². The number of ether oxygens (including phenoxy) is 3. The lowest BCUT2D eigenvalue weighted by molar-refractivity contribution is -0.385. The van der Waals surface area contributed by atoms with Crippen LogP contribution in [0.5, 0.6) is 17.2 Å². The second-order valence-electron chi connectivity index (χ2n) is 7.60. The number of hydrogen-bond acceptors (Lipinski definition) is 7. The standard InChI is InChI=1S/C24H21N3O5/c1-30-18-8-6-15(7-9-18)21-14-22-20-13-19(31-2)10-11-23(20)32-24(26(22)25-21)16-4-3-5-17(12-16)27(28)29/h3-13,22,24H,14H2,1-2H3/t22-,24-/m1/s1. The van der Waals surface area contributed by atoms with E-state index in [4.69, 9.17) is 19.3 Å². The van der Waals surface area contributed by atoms with Crippen molar-refractivity contribution in [1.29, 1.82) is 0 Å². The Morgan fingerprint density at radius 3 is 2.50 bits per heavy atom. The van der Waals surface area contributed by atoms with Gasteiger partial charge in [0, 0.05) is 29.7 Å². The van der Waals surface area contributed by atoms with E-state index in [0.29, 0.717) is 12.0 Å². The van der Waals surface area contributed by atoms with Crippen LogP contribution in [0.2, 0.25) is 0 Å². The van der Waals surface area contributed by atoms with Gasteiger partial charge in [0.25, 0.3) is 5.69 Å². The Labute approximate surface area is 184 Å². The molecule has 2 atom stereocenters. The second-order valence-corrected chi connectivity index (χ2v) is 7.60. The van der Waals surface area contributed by atoms with Gasteiger partial charge in [-0.1, -0.05) is 12.1 Å². The van der Waals surface area contributed by atoms with Crippen LogP contribution in [0.15, 0.2) is 71.8 Å². The summed E-state index contributed by atoms with van der Waals surface area (Å²) in [6.45, 7) is 0. The fraction of sp³-hybridized carbons (Fsp3) is 0.208. The molecule has 0 bridgehead atoms. The Morgan fingerprint density at radius 1 is 1.03 bits per heavy atom. The number of methoxy groups -OCH3 is 2. The minimum Gasteiger partial charge on any atom is -0.497 e. The molecule has 0 N–H and O–H groups in total. The number of benzene rings is 3. The molecule has 5 rings (SSSR count). The van der Waals surface area contributed by atoms with Crippen molar-refractivity contribution < 1.29 is 19.1 Å². The van der Waals surface area contributed by atoms with E-state index >= 15 is 0 Å². The minimum atomic E-state index is -0.587. The quantitative estimate of drug-likeness (QED) is 0.424. The van der Waals surface area contributed by atoms with Gasteiger partial charge in [-0.25, -0.2) is 5.01 Å². The van der Waals surface area contributed by atoms with Gasteiger partial charge in [0.05, 0.1) is 30.9 Å². The molecule has 0 spiro atoms. The summed E-state index contributed by atoms with van der Waals surface area (Å²) in [6, 6.07) is 19.9. The van der Waals surface area contributed by atoms with E-state index in [2.05, 4.69) is 0 Å². The highest BCUT2D eigenvalue weighted by atomic mass is 16.6. The Balaban J connectivity index is 1.58. The zero-order valence-electron chi connectivity index (χ0n) is 17.6. The van der Waals surface area contributed by atoms with Gasteiger partial charge in [-0.05, 0) is 48.0 Å². The van der Waals surface area contributed by atoms with Crippen molar-refractivity contribution in [3.8, 4) is 17.2 Å². The van der Waals surface area contributed by atoms with Gasteiger partial charge in [-0.15, -0.1) is 0 Å². The number of rotatable bonds is 5. The maximum atomic E-state index is 11.3. The number of hydrogen-bond donors (Lipinski definition) is 0. The molecular formula is C24H21N3O5. The molecule has 0 aliphatic carbocycles. The van der Waals surface area contributed by atoms with Crippen LogP contribution in [-0.2, 0) is 0 Å². The monoisotopic (exact) mass is 431 g/mol. The highest BCUT2D eigenvalue weighted by molar-refractivity contribution is 6.02. The minimum absolute atomic E-state index is 0.0155. The lowest BCUT2D eigenvalue weighted by Gasteiger charge is -2.38. The van der Waals surface area contributed by atoms with Crippen LogP contribution < -0.4 is 14.2 Å². The van der Waals surface area contributed by atoms with Gasteiger partial charge in [0.15, 0.2) is 0 Å². The van der Waals surface area contributed by atoms with E-state index in [0.717, 1.165) is 34.1 Å². The van der Waals surface area contributed by atoms with E-state index in [1.807, 2.05) is 53.5 Å². The van der Waals surface area contributed by atoms with Crippen LogP contribution in [0.25, 0.3) is 0 Å². The zero-order valence-corrected chi connectivity index (χ0v) is 17.6. The van der Waals surface area contributed by atoms with Crippen molar-refractivity contribution in [2.75, 3.05) is 14.2 Å². The second kappa shape index (κ2) is 7.88. The average Bonchev–Trinajstić information content (AvgIpc) is 3.29. The van der Waals surface area contributed by atoms with E-state index < -0.39 is 11.2 Å². The third-order valence-electron chi connectivity index (χ3n) is 5.79. The molecule has 162 valence electrons. The summed E-state index contributed by atoms with van der Waals surface area (Å²) < 4.78 is 17.0. The summed E-state index contributed by atoms with van der Waals surface area (Å²) in [4.78, 5) is 10.9. The molecule has 3 aromatic rings. The number of nitrogens with zero attached hydrogens (tertiary/aromatic N) is 3. The van der Waals surface area contributed by atoms with Crippen LogP contribution in [0, 0.1) is 10.1 Å². The Kier molecular flexibility index (Phi) is 4.89. The fourth-order valence-electron chi connectivity index (χ4n) is 4.16. The molecule has 2 heterocycles. The van der Waals surface area contributed by atoms with Crippen molar-refractivity contribution >= 4 is 11.4 Å². The van der Waals surface area contributed by atoms with Crippen molar-refractivity contribution in [1.82, 2.24) is 5.01 Å². The van der Waals surface area contributed by atoms with Gasteiger partial charge < -0.3 is 14.2 Å². The van der Waals surface area contributed by atoms with Crippen LogP contribution in [0.3, 0.4) is 0 Å². The third kappa shape index (κ3) is 3.39. The molecule has 0 amide bonds. The summed E-state index contributed by atoms with van der Waals surface area (Å²) in [7, 11) is 3.26. The molecule has 0 fully saturated rings. The smallest absolute Gasteiger partial charge is 0.269 e. The summed E-state index contributed by atoms with van der Waals surface area (Å²) in [5, 5.41) is 18.1. The summed E-state index contributed by atoms with van der Waals surface area (Å²) >= 11 is 0. The van der Waals surface area contributed by atoms with Crippen LogP contribution in [-0.4, -0.2) is 29.9 Å². The molecule has 8 heteroatoms. The lowest BCUT2D eigenvalue weighted by Crippen LogP contribution is -2.33. The molecule has 0 saturated carbocycles. The van der Waals surface area contributed by atoms with E-state index in [-0.39, 0.29) is 11.7 Å². The molecule has 0 saturated heterocycles. The molecule has 0 aromatic heterocycles. The summed E-state index contributed by atoms with van der Waals surface area (Å²) in [5.74, 6) is 2.23. The van der Waals surface area contributed by atoms with Gasteiger partial charge >= 0.3 is 0 Å². The van der Waals surface area contributed by atoms with Crippen molar-refractivity contribution in [2.24, 2.45) is 5.10 Å². The van der Waals surface area contributed by atoms with Gasteiger partial charge in [-0.2, -0.15) is 5.10 Å². The first kappa shape index (κ1) is 19.9. The third-order valence-corrected chi connectivity index (χ3v) is 5.79. The van der Waals surface area contributed by atoms with E-state index in [9.17, 15) is 10.1 Å². The number of non-ortho nitro benzene ring substituents is 1. The highest BCUT2D eigenvalue weighted by Crippen LogP contribution is 2.48. The van der Waals surface area contributed by atoms with Crippen molar-refractivity contribution in [2.45, 2.75) is 18.7 Å². The molecule has 0 radical (unpaired) electrons. The lowest BCUT2D eigenvalue weighted by atomic mass is 9.95. The maximum Gasteiger partial charge on any atom is 0.269 e. The Bertz CT molecular complexity index is 1210. The van der Waals surface area contributed by atoms with Crippen molar-refractivity contribution in [3.05, 3.63) is 93.5 Å². The Morgan fingerprint density at radius 2 is 1.78 bits per heavy atom. The van der Waals surface area contributed by atoms with E-state index in [1.54, 1.807) is 20.3 Å². The van der Waals surface area contributed by atoms with Crippen molar-refractivity contribution in [3.63, 3.8) is 0 Å².